The number of anilines is 2. The number of nitrogens with zero attached hydrogens (tertiary/aromatic N) is 4. The first-order valence-electron chi connectivity index (χ1n) is 7.01. The molecule has 3 heterocycles. The van der Waals surface area contributed by atoms with E-state index in [1.165, 1.54) is 6.42 Å². The second-order valence-electron chi connectivity index (χ2n) is 5.13. The van der Waals surface area contributed by atoms with E-state index in [4.69, 9.17) is 5.84 Å². The Balaban J connectivity index is 2.08. The predicted octanol–water partition coefficient (Wildman–Crippen LogP) is 0.756. The molecular weight excluding hydrogens is 256 g/mol. The Bertz CT molecular complexity index is 583. The fourth-order valence-corrected chi connectivity index (χ4v) is 2.82. The zero-order chi connectivity index (χ0) is 13.9. The van der Waals surface area contributed by atoms with Crippen molar-refractivity contribution in [3.05, 3.63) is 18.6 Å². The molecule has 1 fully saturated rings. The average molecular weight is 276 g/mol. The molecular formula is C13H20N6O. The molecule has 3 rings (SSSR count). The molecule has 0 spiro atoms. The lowest BCUT2D eigenvalue weighted by Crippen LogP contribution is -2.38. The van der Waals surface area contributed by atoms with E-state index in [9.17, 15) is 5.11 Å². The molecule has 7 heteroatoms. The summed E-state index contributed by atoms with van der Waals surface area (Å²) in [5.74, 6) is 6.86. The fraction of sp³-hybridized carbons (Fsp3) is 0.538. The largest absolute Gasteiger partial charge is 0.394 e. The van der Waals surface area contributed by atoms with Crippen LogP contribution in [0.5, 0.6) is 0 Å². The van der Waals surface area contributed by atoms with E-state index in [2.05, 4.69) is 20.3 Å². The number of imidazole rings is 1. The van der Waals surface area contributed by atoms with Crippen LogP contribution in [0.3, 0.4) is 0 Å². The van der Waals surface area contributed by atoms with Crippen molar-refractivity contribution in [2.24, 2.45) is 5.84 Å². The Morgan fingerprint density at radius 2 is 2.30 bits per heavy atom. The van der Waals surface area contributed by atoms with Gasteiger partial charge in [-0.1, -0.05) is 12.8 Å². The molecule has 0 radical (unpaired) electrons. The first-order valence-corrected chi connectivity index (χ1v) is 7.01. The van der Waals surface area contributed by atoms with Crippen molar-refractivity contribution in [2.45, 2.75) is 31.7 Å². The van der Waals surface area contributed by atoms with Crippen molar-refractivity contribution in [3.8, 4) is 0 Å². The van der Waals surface area contributed by atoms with Crippen molar-refractivity contribution in [1.82, 2.24) is 14.4 Å². The number of nitrogen functional groups attached to an aromatic ring is 1. The smallest absolute Gasteiger partial charge is 0.180 e. The summed E-state index contributed by atoms with van der Waals surface area (Å²) in [5, 5.41) is 9.66. The van der Waals surface area contributed by atoms with Crippen LogP contribution >= 0.6 is 0 Å². The molecule has 1 atom stereocenters. The summed E-state index contributed by atoms with van der Waals surface area (Å²) < 4.78 is 1.90. The van der Waals surface area contributed by atoms with Gasteiger partial charge in [0.2, 0.25) is 0 Å². The van der Waals surface area contributed by atoms with Gasteiger partial charge in [-0.2, -0.15) is 0 Å². The molecule has 4 N–H and O–H groups in total. The van der Waals surface area contributed by atoms with E-state index in [0.29, 0.717) is 5.82 Å². The summed E-state index contributed by atoms with van der Waals surface area (Å²) in [4.78, 5) is 11.1. The van der Waals surface area contributed by atoms with Gasteiger partial charge in [0.05, 0.1) is 18.8 Å². The number of aliphatic hydroxyl groups is 1. The zero-order valence-corrected chi connectivity index (χ0v) is 11.4. The van der Waals surface area contributed by atoms with Gasteiger partial charge in [-0.05, 0) is 12.8 Å². The molecule has 0 saturated carbocycles. The van der Waals surface area contributed by atoms with Gasteiger partial charge in [0.15, 0.2) is 17.3 Å². The van der Waals surface area contributed by atoms with E-state index in [1.54, 1.807) is 12.4 Å². The molecule has 2 aromatic rings. The number of fused-ring (bicyclic) bond motifs is 1. The number of nitrogens with one attached hydrogen (secondary N) is 1. The quantitative estimate of drug-likeness (QED) is 0.566. The van der Waals surface area contributed by atoms with Crippen LogP contribution in [0.15, 0.2) is 18.6 Å². The number of nitrogens with two attached hydrogens (primary N) is 1. The number of hydrogen-bond donors (Lipinski definition) is 3. The Morgan fingerprint density at radius 1 is 1.40 bits per heavy atom. The molecule has 2 aromatic heterocycles. The second-order valence-corrected chi connectivity index (χ2v) is 5.13. The van der Waals surface area contributed by atoms with Gasteiger partial charge < -0.3 is 19.8 Å². The average Bonchev–Trinajstić information content (AvgIpc) is 2.82. The lowest BCUT2D eigenvalue weighted by Gasteiger charge is -2.30. The highest BCUT2D eigenvalue weighted by Gasteiger charge is 2.24. The highest BCUT2D eigenvalue weighted by Crippen LogP contribution is 2.26. The van der Waals surface area contributed by atoms with Gasteiger partial charge in [0.25, 0.3) is 0 Å². The minimum atomic E-state index is 0.0959. The first kappa shape index (κ1) is 13.1. The summed E-state index contributed by atoms with van der Waals surface area (Å²) in [6.45, 7) is 1.02. The van der Waals surface area contributed by atoms with Crippen molar-refractivity contribution < 1.29 is 5.11 Å². The Hall–Kier alpha value is -1.86. The van der Waals surface area contributed by atoms with E-state index >= 15 is 0 Å². The van der Waals surface area contributed by atoms with Gasteiger partial charge >= 0.3 is 0 Å². The van der Waals surface area contributed by atoms with Crippen LogP contribution in [0, 0.1) is 0 Å². The molecule has 1 saturated heterocycles. The third kappa shape index (κ3) is 2.30. The van der Waals surface area contributed by atoms with Gasteiger partial charge in [0.1, 0.15) is 0 Å². The van der Waals surface area contributed by atoms with Gasteiger partial charge in [-0.3, -0.25) is 0 Å². The van der Waals surface area contributed by atoms with Crippen LogP contribution < -0.4 is 16.2 Å². The normalized spacial score (nSPS) is 20.1. The number of hydrogen-bond acceptors (Lipinski definition) is 6. The van der Waals surface area contributed by atoms with Crippen molar-refractivity contribution in [2.75, 3.05) is 23.5 Å². The molecule has 7 nitrogen and oxygen atoms in total. The van der Waals surface area contributed by atoms with Crippen molar-refractivity contribution >= 4 is 17.3 Å². The van der Waals surface area contributed by atoms with E-state index < -0.39 is 0 Å². The molecule has 108 valence electrons. The van der Waals surface area contributed by atoms with Crippen molar-refractivity contribution in [1.29, 1.82) is 0 Å². The van der Waals surface area contributed by atoms with E-state index in [0.717, 1.165) is 37.3 Å². The van der Waals surface area contributed by atoms with Gasteiger partial charge in [-0.15, -0.1) is 0 Å². The summed E-state index contributed by atoms with van der Waals surface area (Å²) >= 11 is 0. The highest BCUT2D eigenvalue weighted by atomic mass is 16.3. The van der Waals surface area contributed by atoms with Gasteiger partial charge in [0, 0.05) is 18.9 Å². The van der Waals surface area contributed by atoms with Crippen LogP contribution in [-0.2, 0) is 0 Å². The summed E-state index contributed by atoms with van der Waals surface area (Å²) in [7, 11) is 0. The van der Waals surface area contributed by atoms with E-state index in [1.807, 2.05) is 10.6 Å². The number of aliphatic hydroxyl groups excluding tert-OH is 1. The number of aromatic nitrogens is 3. The molecule has 0 amide bonds. The number of rotatable bonds is 3. The Labute approximate surface area is 117 Å². The SMILES string of the molecule is NNc1cn2ccnc2c(N2CCCCCC2CO)n1. The minimum Gasteiger partial charge on any atom is -0.394 e. The van der Waals surface area contributed by atoms with E-state index in [-0.39, 0.29) is 12.6 Å². The molecule has 0 aliphatic carbocycles. The summed E-state index contributed by atoms with van der Waals surface area (Å²) in [5.41, 5.74) is 3.38. The minimum absolute atomic E-state index is 0.0959. The van der Waals surface area contributed by atoms with Gasteiger partial charge in [-0.25, -0.2) is 15.8 Å². The molecule has 1 aliphatic heterocycles. The van der Waals surface area contributed by atoms with Crippen LogP contribution in [0.25, 0.3) is 5.65 Å². The Morgan fingerprint density at radius 3 is 3.10 bits per heavy atom. The monoisotopic (exact) mass is 276 g/mol. The van der Waals surface area contributed by atoms with Crippen LogP contribution in [0.1, 0.15) is 25.7 Å². The standard InChI is InChI=1S/C13H20N6O/c14-17-11-8-18-7-5-15-12(18)13(16-11)19-6-3-1-2-4-10(19)9-20/h5,7-8,10,17,20H,1-4,6,9,14H2. The molecule has 1 aliphatic rings. The maximum Gasteiger partial charge on any atom is 0.180 e. The maximum atomic E-state index is 9.66. The maximum absolute atomic E-state index is 9.66. The fourth-order valence-electron chi connectivity index (χ4n) is 2.82. The topological polar surface area (TPSA) is 91.7 Å². The third-order valence-corrected chi connectivity index (χ3v) is 3.86. The lowest BCUT2D eigenvalue weighted by atomic mass is 10.1. The predicted molar refractivity (Wildman–Crippen MR) is 77.5 cm³/mol. The third-order valence-electron chi connectivity index (χ3n) is 3.86. The molecule has 0 aromatic carbocycles. The van der Waals surface area contributed by atoms with Crippen LogP contribution in [-0.4, -0.2) is 38.7 Å². The van der Waals surface area contributed by atoms with Crippen molar-refractivity contribution in [3.63, 3.8) is 0 Å². The molecule has 0 bridgehead atoms. The lowest BCUT2D eigenvalue weighted by molar-refractivity contribution is 0.254. The van der Waals surface area contributed by atoms with Crippen LogP contribution in [0.2, 0.25) is 0 Å². The summed E-state index contributed by atoms with van der Waals surface area (Å²) in [6.07, 6.45) is 9.82. The second kappa shape index (κ2) is 5.64. The Kier molecular flexibility index (Phi) is 3.70. The highest BCUT2D eigenvalue weighted by molar-refractivity contribution is 5.67. The summed E-state index contributed by atoms with van der Waals surface area (Å²) in [6, 6.07) is 0.0959. The van der Waals surface area contributed by atoms with Crippen LogP contribution in [0.4, 0.5) is 11.6 Å². The molecule has 1 unspecified atom stereocenters. The number of hydrazine groups is 1. The molecule has 20 heavy (non-hydrogen) atoms. The zero-order valence-electron chi connectivity index (χ0n) is 11.4. The first-order chi connectivity index (χ1) is 9.83.